The summed E-state index contributed by atoms with van der Waals surface area (Å²) < 4.78 is 11.8. The maximum Gasteiger partial charge on any atom is 0.309 e. The summed E-state index contributed by atoms with van der Waals surface area (Å²) in [6.07, 6.45) is 6.87. The van der Waals surface area contributed by atoms with Gasteiger partial charge in [-0.2, -0.15) is 0 Å². The van der Waals surface area contributed by atoms with E-state index in [1.807, 2.05) is 6.92 Å². The first-order valence-electron chi connectivity index (χ1n) is 11.2. The van der Waals surface area contributed by atoms with Crippen LogP contribution in [0.4, 0.5) is 0 Å². The van der Waals surface area contributed by atoms with Gasteiger partial charge in [-0.1, -0.05) is 27.2 Å². The van der Waals surface area contributed by atoms with Crippen LogP contribution in [0.5, 0.6) is 0 Å². The monoisotopic (exact) mass is 375 g/mol. The van der Waals surface area contributed by atoms with Crippen LogP contribution in [0.2, 0.25) is 0 Å². The summed E-state index contributed by atoms with van der Waals surface area (Å²) in [6.45, 7) is 7.44. The maximum absolute atomic E-state index is 12.5. The van der Waals surface area contributed by atoms with Crippen molar-refractivity contribution < 1.29 is 19.1 Å². The van der Waals surface area contributed by atoms with Crippen molar-refractivity contribution >= 4 is 11.9 Å². The molecule has 0 spiro atoms. The molecule has 5 fully saturated rings. The van der Waals surface area contributed by atoms with E-state index in [-0.39, 0.29) is 36.0 Å². The lowest BCUT2D eigenvalue weighted by Gasteiger charge is -2.48. The van der Waals surface area contributed by atoms with Crippen molar-refractivity contribution in [1.82, 2.24) is 4.90 Å². The average molecular weight is 376 g/mol. The molecular formula is C22H33NO4. The zero-order chi connectivity index (χ0) is 18.9. The smallest absolute Gasteiger partial charge is 0.309 e. The van der Waals surface area contributed by atoms with Crippen LogP contribution in [0.3, 0.4) is 0 Å². The first kappa shape index (κ1) is 18.0. The molecule has 0 bridgehead atoms. The molecule has 4 heterocycles. The van der Waals surface area contributed by atoms with Gasteiger partial charge in [0.25, 0.3) is 0 Å². The fourth-order valence-corrected chi connectivity index (χ4v) is 7.48. The van der Waals surface area contributed by atoms with Gasteiger partial charge in [0.15, 0.2) is 0 Å². The Hall–Kier alpha value is -1.10. The molecule has 10 atom stereocenters. The summed E-state index contributed by atoms with van der Waals surface area (Å²) in [7, 11) is 0. The number of nitrogens with zero attached hydrogens (tertiary/aromatic N) is 1. The minimum Gasteiger partial charge on any atom is -0.462 e. The van der Waals surface area contributed by atoms with E-state index in [9.17, 15) is 9.59 Å². The Morgan fingerprint density at radius 1 is 1.04 bits per heavy atom. The number of esters is 2. The molecule has 0 aromatic rings. The van der Waals surface area contributed by atoms with Crippen molar-refractivity contribution in [3.05, 3.63) is 0 Å². The van der Waals surface area contributed by atoms with Gasteiger partial charge in [-0.15, -0.1) is 0 Å². The van der Waals surface area contributed by atoms with Gasteiger partial charge in [0.1, 0.15) is 12.2 Å². The minimum absolute atomic E-state index is 0.00362. The van der Waals surface area contributed by atoms with Crippen LogP contribution in [0.25, 0.3) is 0 Å². The second-order valence-corrected chi connectivity index (χ2v) is 9.81. The first-order chi connectivity index (χ1) is 13.0. The molecule has 4 aliphatic heterocycles. The van der Waals surface area contributed by atoms with Crippen LogP contribution in [-0.2, 0) is 19.1 Å². The normalized spacial score (nSPS) is 52.1. The number of carbonyl (C=O) groups excluding carboxylic acids is 2. The van der Waals surface area contributed by atoms with E-state index >= 15 is 0 Å². The molecule has 1 aliphatic carbocycles. The third kappa shape index (κ3) is 2.53. The van der Waals surface area contributed by atoms with E-state index in [1.165, 1.54) is 19.3 Å². The van der Waals surface area contributed by atoms with Gasteiger partial charge >= 0.3 is 11.9 Å². The molecule has 5 heteroatoms. The molecule has 0 aromatic heterocycles. The number of rotatable bonds is 2. The predicted octanol–water partition coefficient (Wildman–Crippen LogP) is 3.01. The van der Waals surface area contributed by atoms with E-state index in [0.29, 0.717) is 35.8 Å². The molecule has 5 aliphatic rings. The van der Waals surface area contributed by atoms with Crippen LogP contribution < -0.4 is 0 Å². The largest absolute Gasteiger partial charge is 0.462 e. The van der Waals surface area contributed by atoms with Gasteiger partial charge in [0.2, 0.25) is 0 Å². The van der Waals surface area contributed by atoms with Crippen molar-refractivity contribution in [3.63, 3.8) is 0 Å². The van der Waals surface area contributed by atoms with Crippen LogP contribution in [0.1, 0.15) is 59.3 Å². The Labute approximate surface area is 162 Å². The highest BCUT2D eigenvalue weighted by Crippen LogP contribution is 2.57. The Bertz CT molecular complexity index is 636. The summed E-state index contributed by atoms with van der Waals surface area (Å²) in [6, 6.07) is 0.865. The lowest BCUT2D eigenvalue weighted by Crippen LogP contribution is -2.54. The second kappa shape index (κ2) is 6.47. The van der Waals surface area contributed by atoms with Crippen molar-refractivity contribution in [1.29, 1.82) is 0 Å². The highest BCUT2D eigenvalue weighted by molar-refractivity contribution is 5.75. The fourth-order valence-electron chi connectivity index (χ4n) is 7.48. The van der Waals surface area contributed by atoms with Crippen LogP contribution in [0, 0.1) is 35.5 Å². The fraction of sp³-hybridized carbons (Fsp3) is 0.909. The van der Waals surface area contributed by atoms with Crippen molar-refractivity contribution in [2.24, 2.45) is 35.5 Å². The lowest BCUT2D eigenvalue weighted by molar-refractivity contribution is -0.148. The highest BCUT2D eigenvalue weighted by atomic mass is 16.6. The molecule has 0 unspecified atom stereocenters. The third-order valence-corrected chi connectivity index (χ3v) is 8.61. The number of cyclic esters (lactones) is 1. The Kier molecular flexibility index (Phi) is 4.30. The highest BCUT2D eigenvalue weighted by Gasteiger charge is 2.63. The number of fused-ring (bicyclic) bond motifs is 2. The lowest BCUT2D eigenvalue weighted by atomic mass is 9.60. The first-order valence-corrected chi connectivity index (χ1v) is 11.2. The zero-order valence-corrected chi connectivity index (χ0v) is 16.8. The standard InChI is InChI=1S/C22H33NO4/c1-4-13-14-7-5-6-8-23-16(17-9-11(2)21(24)26-17)10-15(19(14)23)18-12(3)22(25)27-20(13)18/h11-20H,4-10H2,1-3H3/t11-,12-,13+,14+,15+,16-,17-,18+,19-,20-/m0/s1. The van der Waals surface area contributed by atoms with Gasteiger partial charge in [0.05, 0.1) is 11.8 Å². The summed E-state index contributed by atoms with van der Waals surface area (Å²) in [5.41, 5.74) is 0. The van der Waals surface area contributed by atoms with Gasteiger partial charge in [-0.3, -0.25) is 14.5 Å². The summed E-state index contributed by atoms with van der Waals surface area (Å²) in [5.74, 6) is 1.94. The molecular weight excluding hydrogens is 342 g/mol. The number of ether oxygens (including phenoxy) is 2. The number of carbonyl (C=O) groups is 2. The average Bonchev–Trinajstić information content (AvgIpc) is 3.20. The topological polar surface area (TPSA) is 55.8 Å². The molecule has 150 valence electrons. The molecule has 0 N–H and O–H groups in total. The van der Waals surface area contributed by atoms with Crippen LogP contribution in [-0.4, -0.2) is 47.7 Å². The van der Waals surface area contributed by atoms with E-state index in [0.717, 1.165) is 25.8 Å². The van der Waals surface area contributed by atoms with E-state index in [2.05, 4.69) is 18.7 Å². The second-order valence-electron chi connectivity index (χ2n) is 9.81. The molecule has 5 nitrogen and oxygen atoms in total. The molecule has 0 amide bonds. The quantitative estimate of drug-likeness (QED) is 0.695. The van der Waals surface area contributed by atoms with Crippen molar-refractivity contribution in [2.75, 3.05) is 6.54 Å². The Morgan fingerprint density at radius 3 is 2.56 bits per heavy atom. The zero-order valence-electron chi connectivity index (χ0n) is 16.8. The molecule has 0 radical (unpaired) electrons. The summed E-state index contributed by atoms with van der Waals surface area (Å²) >= 11 is 0. The number of hydrogen-bond acceptors (Lipinski definition) is 5. The summed E-state index contributed by atoms with van der Waals surface area (Å²) in [4.78, 5) is 27.3. The van der Waals surface area contributed by atoms with E-state index in [4.69, 9.17) is 9.47 Å². The van der Waals surface area contributed by atoms with E-state index in [1.54, 1.807) is 0 Å². The van der Waals surface area contributed by atoms with E-state index < -0.39 is 0 Å². The Morgan fingerprint density at radius 2 is 1.85 bits per heavy atom. The van der Waals surface area contributed by atoms with Crippen LogP contribution in [0.15, 0.2) is 0 Å². The van der Waals surface area contributed by atoms with Gasteiger partial charge in [-0.05, 0) is 50.5 Å². The molecule has 1 saturated carbocycles. The molecule has 5 rings (SSSR count). The van der Waals surface area contributed by atoms with Gasteiger partial charge in [0, 0.05) is 23.9 Å². The summed E-state index contributed by atoms with van der Waals surface area (Å²) in [5, 5.41) is 0. The van der Waals surface area contributed by atoms with Gasteiger partial charge in [-0.25, -0.2) is 0 Å². The maximum atomic E-state index is 12.5. The van der Waals surface area contributed by atoms with Crippen molar-refractivity contribution in [3.8, 4) is 0 Å². The third-order valence-electron chi connectivity index (χ3n) is 8.61. The predicted molar refractivity (Wildman–Crippen MR) is 99.7 cm³/mol. The number of hydrogen-bond donors (Lipinski definition) is 0. The minimum atomic E-state index is -0.0294. The Balaban J connectivity index is 1.51. The van der Waals surface area contributed by atoms with Gasteiger partial charge < -0.3 is 9.47 Å². The molecule has 27 heavy (non-hydrogen) atoms. The molecule has 4 saturated heterocycles. The SMILES string of the molecule is CC[C@@H]1[C@H]2CCCCN3[C@@H]2[C@H](C[C@H]3[C@@H]2C[C@H](C)C(=O)O2)[C@@H]2[C@H]1OC(=O)[C@H]2C. The van der Waals surface area contributed by atoms with Crippen LogP contribution >= 0.6 is 0 Å². The molecule has 0 aromatic carbocycles. The van der Waals surface area contributed by atoms with Crippen molar-refractivity contribution in [2.45, 2.75) is 83.6 Å².